The summed E-state index contributed by atoms with van der Waals surface area (Å²) >= 11 is 0. The van der Waals surface area contributed by atoms with E-state index in [1.165, 1.54) is 0 Å². The Hall–Kier alpha value is -1.33. The monoisotopic (exact) mass is 428 g/mol. The van der Waals surface area contributed by atoms with E-state index in [4.69, 9.17) is 14.2 Å². The first-order valence-electron chi connectivity index (χ1n) is 10.3. The molecule has 0 saturated carbocycles. The van der Waals surface area contributed by atoms with Gasteiger partial charge in [-0.3, -0.25) is 4.79 Å². The van der Waals surface area contributed by atoms with Gasteiger partial charge in [0.2, 0.25) is 0 Å². The van der Waals surface area contributed by atoms with Gasteiger partial charge in [0.25, 0.3) is 0 Å². The van der Waals surface area contributed by atoms with E-state index >= 15 is 0 Å². The maximum atomic E-state index is 12.0. The second kappa shape index (κ2) is 9.44. The van der Waals surface area contributed by atoms with Crippen LogP contribution in [0.3, 0.4) is 0 Å². The lowest BCUT2D eigenvalue weighted by molar-refractivity contribution is -0.308. The summed E-state index contributed by atoms with van der Waals surface area (Å²) in [6, 6.07) is 0. The molecular formula is C21H32O9. The van der Waals surface area contributed by atoms with Crippen molar-refractivity contribution >= 4 is 5.97 Å². The van der Waals surface area contributed by atoms with Crippen LogP contribution in [0.1, 0.15) is 33.6 Å². The molecule has 0 radical (unpaired) electrons. The third kappa shape index (κ3) is 4.62. The standard InChI is InChI=1S/C21H32O9/c1-9-4-5-13(29-21-19(26)18(25)17(24)15(8-22)30-21)10(2)7-12(23)16-11(3)20(27)28-14(16)6-9/h4,7,11-19,21-26H,5-6,8H2,1-3H3/b9-4+,10-7-/t11-,12+,13-,14-,15+,16-,17+,18-,19+,21+/m0/s1. The summed E-state index contributed by atoms with van der Waals surface area (Å²) in [5, 5.41) is 50.4. The molecule has 2 heterocycles. The summed E-state index contributed by atoms with van der Waals surface area (Å²) in [6.07, 6.45) is -4.30. The minimum Gasteiger partial charge on any atom is -0.461 e. The molecule has 0 spiro atoms. The van der Waals surface area contributed by atoms with Crippen LogP contribution in [0.15, 0.2) is 23.3 Å². The summed E-state index contributed by atoms with van der Waals surface area (Å²) in [5.41, 5.74) is 1.63. The molecule has 2 fully saturated rings. The number of carbonyl (C=O) groups excluding carboxylic acids is 1. The molecule has 0 aromatic heterocycles. The minimum atomic E-state index is -1.53. The highest BCUT2D eigenvalue weighted by Gasteiger charge is 2.47. The summed E-state index contributed by atoms with van der Waals surface area (Å²) < 4.78 is 16.8. The van der Waals surface area contributed by atoms with Gasteiger partial charge >= 0.3 is 5.97 Å². The fourth-order valence-corrected chi connectivity index (χ4v) is 4.39. The number of ether oxygens (including phenoxy) is 3. The van der Waals surface area contributed by atoms with E-state index in [0.29, 0.717) is 18.4 Å². The molecule has 0 unspecified atom stereocenters. The highest BCUT2D eigenvalue weighted by Crippen LogP contribution is 2.36. The third-order valence-corrected chi connectivity index (χ3v) is 6.33. The van der Waals surface area contributed by atoms with Crippen molar-refractivity contribution < 1.29 is 44.5 Å². The SMILES string of the molecule is C/C1=C/[C@@H](O)[C@H]2[C@H](C/C(C)=C/C[C@@H]1O[C@@H]1O[C@H](CO)[C@@H](O)[C@H](O)[C@H]1O)OC(=O)[C@H]2C. The molecule has 3 aliphatic rings. The van der Waals surface area contributed by atoms with Crippen molar-refractivity contribution in [2.75, 3.05) is 6.61 Å². The number of aliphatic hydroxyl groups excluding tert-OH is 5. The Bertz CT molecular complexity index is 688. The number of hydrogen-bond acceptors (Lipinski definition) is 9. The maximum Gasteiger partial charge on any atom is 0.309 e. The fraction of sp³-hybridized carbons (Fsp3) is 0.762. The highest BCUT2D eigenvalue weighted by molar-refractivity contribution is 5.75. The Kier molecular flexibility index (Phi) is 7.34. The first kappa shape index (κ1) is 23.3. The molecule has 2 aliphatic heterocycles. The van der Waals surface area contributed by atoms with Gasteiger partial charge in [-0.15, -0.1) is 0 Å². The Morgan fingerprint density at radius 2 is 1.83 bits per heavy atom. The van der Waals surface area contributed by atoms with E-state index in [9.17, 15) is 30.3 Å². The normalized spacial score (nSPS) is 48.7. The van der Waals surface area contributed by atoms with Crippen LogP contribution >= 0.6 is 0 Å². The average molecular weight is 428 g/mol. The van der Waals surface area contributed by atoms with Crippen LogP contribution in [0.5, 0.6) is 0 Å². The van der Waals surface area contributed by atoms with Gasteiger partial charge in [0.1, 0.15) is 30.5 Å². The van der Waals surface area contributed by atoms with E-state index in [1.807, 2.05) is 13.0 Å². The molecule has 9 heteroatoms. The molecule has 10 atom stereocenters. The van der Waals surface area contributed by atoms with Crippen molar-refractivity contribution in [1.82, 2.24) is 0 Å². The van der Waals surface area contributed by atoms with Crippen LogP contribution in [0.2, 0.25) is 0 Å². The van der Waals surface area contributed by atoms with Crippen molar-refractivity contribution in [2.24, 2.45) is 11.8 Å². The number of rotatable bonds is 3. The smallest absolute Gasteiger partial charge is 0.309 e. The molecule has 5 N–H and O–H groups in total. The molecule has 170 valence electrons. The lowest BCUT2D eigenvalue weighted by Crippen LogP contribution is -2.59. The van der Waals surface area contributed by atoms with Crippen LogP contribution in [0.25, 0.3) is 0 Å². The van der Waals surface area contributed by atoms with Crippen molar-refractivity contribution in [3.05, 3.63) is 23.3 Å². The summed E-state index contributed by atoms with van der Waals surface area (Å²) in [6.45, 7) is 4.87. The molecule has 0 aromatic rings. The van der Waals surface area contributed by atoms with E-state index in [1.54, 1.807) is 19.9 Å². The fourth-order valence-electron chi connectivity index (χ4n) is 4.39. The molecule has 0 aromatic carbocycles. The van der Waals surface area contributed by atoms with Gasteiger partial charge in [0, 0.05) is 12.3 Å². The first-order chi connectivity index (χ1) is 14.1. The Morgan fingerprint density at radius 1 is 1.13 bits per heavy atom. The molecular weight excluding hydrogens is 396 g/mol. The van der Waals surface area contributed by atoms with Gasteiger partial charge in [0.05, 0.1) is 24.7 Å². The van der Waals surface area contributed by atoms with E-state index in [-0.39, 0.29) is 11.9 Å². The Balaban J connectivity index is 1.83. The number of hydrogen-bond donors (Lipinski definition) is 5. The zero-order valence-electron chi connectivity index (χ0n) is 17.4. The number of carbonyl (C=O) groups is 1. The zero-order valence-corrected chi connectivity index (χ0v) is 17.4. The van der Waals surface area contributed by atoms with Crippen molar-refractivity contribution in [3.63, 3.8) is 0 Å². The van der Waals surface area contributed by atoms with E-state index < -0.39 is 61.5 Å². The van der Waals surface area contributed by atoms with Crippen LogP contribution in [0, 0.1) is 11.8 Å². The zero-order chi connectivity index (χ0) is 22.2. The van der Waals surface area contributed by atoms with Gasteiger partial charge in [0.15, 0.2) is 6.29 Å². The molecule has 0 amide bonds. The number of esters is 1. The second-order valence-corrected chi connectivity index (χ2v) is 8.55. The quantitative estimate of drug-likeness (QED) is 0.294. The maximum absolute atomic E-state index is 12.0. The molecule has 3 rings (SSSR count). The molecule has 30 heavy (non-hydrogen) atoms. The Morgan fingerprint density at radius 3 is 2.50 bits per heavy atom. The largest absolute Gasteiger partial charge is 0.461 e. The van der Waals surface area contributed by atoms with Crippen LogP contribution in [0.4, 0.5) is 0 Å². The first-order valence-corrected chi connectivity index (χ1v) is 10.3. The average Bonchev–Trinajstić information content (AvgIpc) is 2.97. The van der Waals surface area contributed by atoms with Gasteiger partial charge in [-0.2, -0.15) is 0 Å². The lowest BCUT2D eigenvalue weighted by atomic mass is 9.82. The van der Waals surface area contributed by atoms with Crippen LogP contribution < -0.4 is 0 Å². The molecule has 2 saturated heterocycles. The number of aliphatic hydroxyl groups is 5. The minimum absolute atomic E-state index is 0.323. The van der Waals surface area contributed by atoms with E-state index in [0.717, 1.165) is 5.57 Å². The predicted molar refractivity (Wildman–Crippen MR) is 104 cm³/mol. The van der Waals surface area contributed by atoms with Crippen LogP contribution in [-0.4, -0.2) is 87.1 Å². The molecule has 9 nitrogen and oxygen atoms in total. The molecule has 1 aliphatic carbocycles. The summed E-state index contributed by atoms with van der Waals surface area (Å²) in [4.78, 5) is 12.0. The lowest BCUT2D eigenvalue weighted by Gasteiger charge is -2.41. The third-order valence-electron chi connectivity index (χ3n) is 6.33. The van der Waals surface area contributed by atoms with Gasteiger partial charge in [-0.25, -0.2) is 0 Å². The molecule has 0 bridgehead atoms. The van der Waals surface area contributed by atoms with Crippen LogP contribution in [-0.2, 0) is 19.0 Å². The van der Waals surface area contributed by atoms with Crippen molar-refractivity contribution in [3.8, 4) is 0 Å². The Labute approximate surface area is 175 Å². The van der Waals surface area contributed by atoms with Crippen molar-refractivity contribution in [2.45, 2.75) is 82.6 Å². The highest BCUT2D eigenvalue weighted by atomic mass is 16.7. The second-order valence-electron chi connectivity index (χ2n) is 8.55. The summed E-state index contributed by atoms with van der Waals surface area (Å²) in [7, 11) is 0. The predicted octanol–water partition coefficient (Wildman–Crippen LogP) is -0.604. The van der Waals surface area contributed by atoms with E-state index in [2.05, 4.69) is 0 Å². The van der Waals surface area contributed by atoms with Gasteiger partial charge < -0.3 is 39.7 Å². The van der Waals surface area contributed by atoms with Crippen molar-refractivity contribution in [1.29, 1.82) is 0 Å². The van der Waals surface area contributed by atoms with Gasteiger partial charge in [-0.1, -0.05) is 24.6 Å². The summed E-state index contributed by atoms with van der Waals surface area (Å²) in [5.74, 6) is -1.15. The topological polar surface area (TPSA) is 146 Å². The number of fused-ring (bicyclic) bond motifs is 1. The van der Waals surface area contributed by atoms with Gasteiger partial charge in [-0.05, 0) is 25.8 Å².